The minimum atomic E-state index is -0.383. The molecule has 21 heavy (non-hydrogen) atoms. The van der Waals surface area contributed by atoms with E-state index in [1.807, 2.05) is 0 Å². The Morgan fingerprint density at radius 2 is 2.00 bits per heavy atom. The van der Waals surface area contributed by atoms with Gasteiger partial charge in [-0.05, 0) is 58.7 Å². The highest BCUT2D eigenvalue weighted by atomic mass is 16.6. The lowest BCUT2D eigenvalue weighted by atomic mass is 10.1. The standard InChI is InChI=1S/C17H23NO3/c1-13(2)6-5-7-14(3)10-11-21-16-8-9-17(18(19)20)15(4)12-16/h6,8-10,12H,5,7,11H2,1-4H3. The monoisotopic (exact) mass is 289 g/mol. The molecule has 0 heterocycles. The Balaban J connectivity index is 2.50. The summed E-state index contributed by atoms with van der Waals surface area (Å²) in [5.41, 5.74) is 3.35. The molecular weight excluding hydrogens is 266 g/mol. The number of nitro groups is 1. The number of nitro benzene ring substituents is 1. The van der Waals surface area contributed by atoms with Crippen LogP contribution in [0.25, 0.3) is 0 Å². The quantitative estimate of drug-likeness (QED) is 0.404. The average Bonchev–Trinajstić information content (AvgIpc) is 2.37. The van der Waals surface area contributed by atoms with E-state index < -0.39 is 0 Å². The van der Waals surface area contributed by atoms with Gasteiger partial charge in [0.2, 0.25) is 0 Å². The molecule has 1 aromatic carbocycles. The summed E-state index contributed by atoms with van der Waals surface area (Å²) in [6, 6.07) is 4.82. The van der Waals surface area contributed by atoms with Crippen LogP contribution in [0.5, 0.6) is 5.75 Å². The molecule has 0 unspecified atom stereocenters. The van der Waals surface area contributed by atoms with Crippen LogP contribution in [0.2, 0.25) is 0 Å². The van der Waals surface area contributed by atoms with Crippen molar-refractivity contribution in [3.05, 3.63) is 57.2 Å². The lowest BCUT2D eigenvalue weighted by molar-refractivity contribution is -0.385. The number of nitrogens with zero attached hydrogens (tertiary/aromatic N) is 1. The van der Waals surface area contributed by atoms with E-state index in [1.165, 1.54) is 17.2 Å². The van der Waals surface area contributed by atoms with E-state index in [2.05, 4.69) is 32.9 Å². The maximum absolute atomic E-state index is 10.7. The lowest BCUT2D eigenvalue weighted by Gasteiger charge is -2.06. The van der Waals surface area contributed by atoms with Crippen molar-refractivity contribution < 1.29 is 9.66 Å². The van der Waals surface area contributed by atoms with Crippen molar-refractivity contribution in [3.8, 4) is 5.75 Å². The van der Waals surface area contributed by atoms with Gasteiger partial charge in [0.15, 0.2) is 0 Å². The van der Waals surface area contributed by atoms with E-state index >= 15 is 0 Å². The van der Waals surface area contributed by atoms with E-state index in [1.54, 1.807) is 19.1 Å². The first-order chi connectivity index (χ1) is 9.90. The summed E-state index contributed by atoms with van der Waals surface area (Å²) in [4.78, 5) is 10.4. The predicted octanol–water partition coefficient (Wildman–Crippen LogP) is 4.97. The van der Waals surface area contributed by atoms with Crippen molar-refractivity contribution in [1.82, 2.24) is 0 Å². The van der Waals surface area contributed by atoms with Gasteiger partial charge in [0, 0.05) is 11.6 Å². The van der Waals surface area contributed by atoms with Gasteiger partial charge in [0.25, 0.3) is 5.69 Å². The Hall–Kier alpha value is -2.10. The van der Waals surface area contributed by atoms with Gasteiger partial charge >= 0.3 is 0 Å². The Kier molecular flexibility index (Phi) is 6.66. The van der Waals surface area contributed by atoms with Crippen molar-refractivity contribution in [2.45, 2.75) is 40.5 Å². The van der Waals surface area contributed by atoms with Crippen molar-refractivity contribution in [1.29, 1.82) is 0 Å². The van der Waals surface area contributed by atoms with Crippen molar-refractivity contribution in [2.75, 3.05) is 6.61 Å². The number of hydrogen-bond acceptors (Lipinski definition) is 3. The van der Waals surface area contributed by atoms with Crippen LogP contribution in [0.4, 0.5) is 5.69 Å². The molecule has 0 amide bonds. The molecule has 0 aliphatic carbocycles. The second-order valence-electron chi connectivity index (χ2n) is 5.39. The summed E-state index contributed by atoms with van der Waals surface area (Å²) >= 11 is 0. The van der Waals surface area contributed by atoms with Crippen molar-refractivity contribution in [2.24, 2.45) is 0 Å². The maximum atomic E-state index is 10.7. The van der Waals surface area contributed by atoms with E-state index in [4.69, 9.17) is 4.74 Å². The molecule has 0 N–H and O–H groups in total. The highest BCUT2D eigenvalue weighted by Gasteiger charge is 2.10. The molecule has 1 aromatic rings. The molecule has 1 rings (SSSR count). The van der Waals surface area contributed by atoms with Gasteiger partial charge in [-0.3, -0.25) is 10.1 Å². The van der Waals surface area contributed by atoms with Crippen LogP contribution in [-0.2, 0) is 0 Å². The molecular formula is C17H23NO3. The van der Waals surface area contributed by atoms with Crippen LogP contribution in [-0.4, -0.2) is 11.5 Å². The Bertz CT molecular complexity index is 555. The number of benzene rings is 1. The largest absolute Gasteiger partial charge is 0.490 e. The Morgan fingerprint density at radius 1 is 1.29 bits per heavy atom. The first-order valence-corrected chi connectivity index (χ1v) is 7.07. The molecule has 0 aromatic heterocycles. The van der Waals surface area contributed by atoms with Gasteiger partial charge in [-0.1, -0.05) is 17.2 Å². The fraction of sp³-hybridized carbons (Fsp3) is 0.412. The first kappa shape index (κ1) is 17.0. The summed E-state index contributed by atoms with van der Waals surface area (Å²) in [7, 11) is 0. The van der Waals surface area contributed by atoms with Crippen molar-refractivity contribution in [3.63, 3.8) is 0 Å². The number of ether oxygens (including phenoxy) is 1. The molecule has 0 radical (unpaired) electrons. The van der Waals surface area contributed by atoms with E-state index in [0.717, 1.165) is 12.8 Å². The number of hydrogen-bond donors (Lipinski definition) is 0. The normalized spacial score (nSPS) is 11.1. The molecule has 0 fully saturated rings. The van der Waals surface area contributed by atoms with Gasteiger partial charge in [-0.25, -0.2) is 0 Å². The smallest absolute Gasteiger partial charge is 0.272 e. The van der Waals surface area contributed by atoms with Crippen LogP contribution in [0.15, 0.2) is 41.5 Å². The fourth-order valence-electron chi connectivity index (χ4n) is 1.89. The molecule has 4 heteroatoms. The van der Waals surface area contributed by atoms with Crippen LogP contribution in [0.1, 0.15) is 39.2 Å². The SMILES string of the molecule is CC(C)=CCCC(C)=CCOc1ccc([N+](=O)[O-])c(C)c1. The van der Waals surface area contributed by atoms with Crippen LogP contribution >= 0.6 is 0 Å². The van der Waals surface area contributed by atoms with Gasteiger partial charge < -0.3 is 4.74 Å². The van der Waals surface area contributed by atoms with Gasteiger partial charge in [0.05, 0.1) is 4.92 Å². The molecule has 0 aliphatic heterocycles. The summed E-state index contributed by atoms with van der Waals surface area (Å²) in [6.07, 6.45) is 6.34. The summed E-state index contributed by atoms with van der Waals surface area (Å²) in [5.74, 6) is 0.659. The summed E-state index contributed by atoms with van der Waals surface area (Å²) in [6.45, 7) is 8.48. The molecule has 0 bridgehead atoms. The highest BCUT2D eigenvalue weighted by Crippen LogP contribution is 2.23. The minimum Gasteiger partial charge on any atom is -0.490 e. The number of allylic oxidation sites excluding steroid dienone is 3. The van der Waals surface area contributed by atoms with Crippen molar-refractivity contribution >= 4 is 5.69 Å². The van der Waals surface area contributed by atoms with E-state index in [-0.39, 0.29) is 10.6 Å². The summed E-state index contributed by atoms with van der Waals surface area (Å²) < 4.78 is 5.61. The molecule has 0 atom stereocenters. The molecule has 4 nitrogen and oxygen atoms in total. The van der Waals surface area contributed by atoms with Gasteiger partial charge in [-0.2, -0.15) is 0 Å². The maximum Gasteiger partial charge on any atom is 0.272 e. The minimum absolute atomic E-state index is 0.121. The van der Waals surface area contributed by atoms with E-state index in [0.29, 0.717) is 17.9 Å². The second-order valence-corrected chi connectivity index (χ2v) is 5.39. The highest BCUT2D eigenvalue weighted by molar-refractivity contribution is 5.44. The molecule has 0 aliphatic rings. The number of aryl methyl sites for hydroxylation is 1. The zero-order valence-corrected chi connectivity index (χ0v) is 13.2. The molecule has 0 saturated carbocycles. The predicted molar refractivity (Wildman–Crippen MR) is 85.8 cm³/mol. The summed E-state index contributed by atoms with van der Waals surface area (Å²) in [5, 5.41) is 10.7. The van der Waals surface area contributed by atoms with Crippen LogP contribution in [0, 0.1) is 17.0 Å². The first-order valence-electron chi connectivity index (χ1n) is 7.07. The van der Waals surface area contributed by atoms with Gasteiger partial charge in [-0.15, -0.1) is 0 Å². The van der Waals surface area contributed by atoms with Crippen LogP contribution < -0.4 is 4.74 Å². The molecule has 114 valence electrons. The van der Waals surface area contributed by atoms with Gasteiger partial charge in [0.1, 0.15) is 12.4 Å². The number of rotatable bonds is 7. The fourth-order valence-corrected chi connectivity index (χ4v) is 1.89. The molecule has 0 spiro atoms. The third-order valence-electron chi connectivity index (χ3n) is 3.14. The zero-order chi connectivity index (χ0) is 15.8. The third kappa shape index (κ3) is 6.25. The average molecular weight is 289 g/mol. The zero-order valence-electron chi connectivity index (χ0n) is 13.2. The Morgan fingerprint density at radius 3 is 2.57 bits per heavy atom. The van der Waals surface area contributed by atoms with E-state index in [9.17, 15) is 10.1 Å². The Labute approximate surface area is 126 Å². The lowest BCUT2D eigenvalue weighted by Crippen LogP contribution is -1.97. The second kappa shape index (κ2) is 8.25. The molecule has 0 saturated heterocycles. The topological polar surface area (TPSA) is 52.4 Å². The third-order valence-corrected chi connectivity index (χ3v) is 3.14. The van der Waals surface area contributed by atoms with Crippen LogP contribution in [0.3, 0.4) is 0 Å².